The van der Waals surface area contributed by atoms with Crippen molar-refractivity contribution in [3.05, 3.63) is 10.1 Å². The molecule has 0 aromatic carbocycles. The molecule has 0 aliphatic heterocycles. The lowest BCUT2D eigenvalue weighted by molar-refractivity contribution is -0.141. The minimum atomic E-state index is -0.458. The molecule has 0 aliphatic carbocycles. The van der Waals surface area contributed by atoms with Crippen LogP contribution in [0.25, 0.3) is 0 Å². The molecule has 4 nitrogen and oxygen atoms in total. The molecule has 0 N–H and O–H groups in total. The highest BCUT2D eigenvalue weighted by Crippen LogP contribution is 2.14. The summed E-state index contributed by atoms with van der Waals surface area (Å²) in [5.74, 6) is -0.916. The van der Waals surface area contributed by atoms with Crippen molar-refractivity contribution in [1.82, 2.24) is 0 Å². The van der Waals surface area contributed by atoms with Crippen molar-refractivity contribution < 1.29 is 19.1 Å². The van der Waals surface area contributed by atoms with E-state index in [1.54, 1.807) is 0 Å². The first-order chi connectivity index (χ1) is 6.43. The van der Waals surface area contributed by atoms with Gasteiger partial charge in [0.2, 0.25) is 0 Å². The van der Waals surface area contributed by atoms with Crippen LogP contribution in [0.1, 0.15) is 13.8 Å². The summed E-state index contributed by atoms with van der Waals surface area (Å²) >= 11 is 11.3. The van der Waals surface area contributed by atoms with Gasteiger partial charge in [-0.3, -0.25) is 9.59 Å². The number of carbonyl (C=O) groups is 2. The molecule has 0 heterocycles. The number of ether oxygens (including phenoxy) is 2. The van der Waals surface area contributed by atoms with Crippen LogP contribution in [0, 0.1) is 0 Å². The predicted molar refractivity (Wildman–Crippen MR) is 52.0 cm³/mol. The zero-order chi connectivity index (χ0) is 11.1. The fourth-order valence-corrected chi connectivity index (χ4v) is 0.705. The van der Waals surface area contributed by atoms with Gasteiger partial charge in [-0.25, -0.2) is 0 Å². The summed E-state index contributed by atoms with van der Waals surface area (Å²) in [5, 5.41) is 0.284. The second kappa shape index (κ2) is 6.68. The van der Waals surface area contributed by atoms with Crippen molar-refractivity contribution >= 4 is 35.1 Å². The first kappa shape index (κ1) is 13.3. The lowest BCUT2D eigenvalue weighted by Gasteiger charge is -2.04. The maximum Gasteiger partial charge on any atom is 0.302 e. The van der Waals surface area contributed by atoms with E-state index in [0.717, 1.165) is 0 Å². The average molecular weight is 241 g/mol. The SMILES string of the molecule is CC(=O)OCC(Cl)=C(Cl)COC(C)=O. The topological polar surface area (TPSA) is 52.6 Å². The number of esters is 2. The number of hydrogen-bond donors (Lipinski definition) is 0. The summed E-state index contributed by atoms with van der Waals surface area (Å²) in [7, 11) is 0. The van der Waals surface area contributed by atoms with Gasteiger partial charge in [0.15, 0.2) is 0 Å². The molecule has 0 rings (SSSR count). The van der Waals surface area contributed by atoms with Crippen molar-refractivity contribution in [3.63, 3.8) is 0 Å². The molecule has 14 heavy (non-hydrogen) atoms. The van der Waals surface area contributed by atoms with Crippen LogP contribution in [0.5, 0.6) is 0 Å². The van der Waals surface area contributed by atoms with Crippen molar-refractivity contribution in [2.75, 3.05) is 13.2 Å². The standard InChI is InChI=1S/C8H10Cl2O4/c1-5(11)13-3-7(9)8(10)4-14-6(2)12/h3-4H2,1-2H3. The Balaban J connectivity index is 4.01. The minimum absolute atomic E-state index is 0.114. The quantitative estimate of drug-likeness (QED) is 0.704. The molecule has 0 aliphatic rings. The van der Waals surface area contributed by atoms with Gasteiger partial charge in [-0.05, 0) is 0 Å². The largest absolute Gasteiger partial charge is 0.460 e. The Labute approximate surface area is 91.8 Å². The number of hydrogen-bond acceptors (Lipinski definition) is 4. The lowest BCUT2D eigenvalue weighted by atomic mass is 10.5. The highest BCUT2D eigenvalue weighted by molar-refractivity contribution is 6.39. The highest BCUT2D eigenvalue weighted by atomic mass is 35.5. The van der Waals surface area contributed by atoms with Gasteiger partial charge in [0.05, 0.1) is 10.1 Å². The van der Waals surface area contributed by atoms with Crippen LogP contribution in [0.3, 0.4) is 0 Å². The van der Waals surface area contributed by atoms with E-state index in [0.29, 0.717) is 0 Å². The number of carbonyl (C=O) groups excluding carboxylic acids is 2. The van der Waals surface area contributed by atoms with Gasteiger partial charge in [0.1, 0.15) is 13.2 Å². The molecule has 0 radical (unpaired) electrons. The minimum Gasteiger partial charge on any atom is -0.460 e. The maximum atomic E-state index is 10.4. The second-order valence-corrected chi connectivity index (χ2v) is 3.28. The summed E-state index contributed by atoms with van der Waals surface area (Å²) in [4.78, 5) is 20.8. The number of halogens is 2. The molecular weight excluding hydrogens is 231 g/mol. The summed E-state index contributed by atoms with van der Waals surface area (Å²) in [6.07, 6.45) is 0. The van der Waals surface area contributed by atoms with E-state index in [2.05, 4.69) is 9.47 Å². The van der Waals surface area contributed by atoms with Crippen LogP contribution in [0.4, 0.5) is 0 Å². The van der Waals surface area contributed by atoms with E-state index in [1.807, 2.05) is 0 Å². The number of rotatable bonds is 4. The van der Waals surface area contributed by atoms with Crippen LogP contribution in [0.2, 0.25) is 0 Å². The van der Waals surface area contributed by atoms with Gasteiger partial charge >= 0.3 is 11.9 Å². The second-order valence-electron chi connectivity index (χ2n) is 2.37. The van der Waals surface area contributed by atoms with Gasteiger partial charge in [0.25, 0.3) is 0 Å². The van der Waals surface area contributed by atoms with Gasteiger partial charge < -0.3 is 9.47 Å². The summed E-state index contributed by atoms with van der Waals surface area (Å²) in [6, 6.07) is 0. The Bertz CT molecular complexity index is 234. The van der Waals surface area contributed by atoms with Crippen LogP contribution >= 0.6 is 23.2 Å². The van der Waals surface area contributed by atoms with Crippen LogP contribution in [-0.4, -0.2) is 25.2 Å². The van der Waals surface area contributed by atoms with Crippen LogP contribution in [-0.2, 0) is 19.1 Å². The van der Waals surface area contributed by atoms with Crippen molar-refractivity contribution in [3.8, 4) is 0 Å². The van der Waals surface area contributed by atoms with E-state index >= 15 is 0 Å². The fraction of sp³-hybridized carbons (Fsp3) is 0.500. The van der Waals surface area contributed by atoms with Gasteiger partial charge in [-0.1, -0.05) is 23.2 Å². The first-order valence-electron chi connectivity index (χ1n) is 3.73. The molecule has 0 unspecified atom stereocenters. The molecule has 0 atom stereocenters. The molecule has 0 spiro atoms. The lowest BCUT2D eigenvalue weighted by Crippen LogP contribution is -2.05. The fourth-order valence-electron chi connectivity index (χ4n) is 0.487. The van der Waals surface area contributed by atoms with E-state index in [9.17, 15) is 9.59 Å². The Morgan fingerprint density at radius 2 is 1.21 bits per heavy atom. The smallest absolute Gasteiger partial charge is 0.302 e. The molecule has 6 heteroatoms. The van der Waals surface area contributed by atoms with Crippen LogP contribution < -0.4 is 0 Å². The molecular formula is C8H10Cl2O4. The van der Waals surface area contributed by atoms with E-state index in [-0.39, 0.29) is 23.3 Å². The zero-order valence-electron chi connectivity index (χ0n) is 7.80. The van der Waals surface area contributed by atoms with Crippen molar-refractivity contribution in [2.24, 2.45) is 0 Å². The van der Waals surface area contributed by atoms with Crippen LogP contribution in [0.15, 0.2) is 10.1 Å². The van der Waals surface area contributed by atoms with Gasteiger partial charge in [0, 0.05) is 13.8 Å². The van der Waals surface area contributed by atoms with E-state index < -0.39 is 11.9 Å². The Hall–Kier alpha value is -0.740. The Morgan fingerprint density at radius 3 is 1.43 bits per heavy atom. The average Bonchev–Trinajstić information content (AvgIpc) is 2.09. The third-order valence-electron chi connectivity index (χ3n) is 1.10. The van der Waals surface area contributed by atoms with Crippen molar-refractivity contribution in [1.29, 1.82) is 0 Å². The molecule has 0 aromatic heterocycles. The summed E-state index contributed by atoms with van der Waals surface area (Å²) < 4.78 is 9.16. The molecule has 0 aromatic rings. The molecule has 0 saturated carbocycles. The highest BCUT2D eigenvalue weighted by Gasteiger charge is 2.05. The summed E-state index contributed by atoms with van der Waals surface area (Å²) in [5.41, 5.74) is 0. The van der Waals surface area contributed by atoms with E-state index in [1.165, 1.54) is 13.8 Å². The monoisotopic (exact) mass is 240 g/mol. The molecule has 80 valence electrons. The molecule has 0 saturated heterocycles. The zero-order valence-corrected chi connectivity index (χ0v) is 9.31. The summed E-state index contributed by atoms with van der Waals surface area (Å²) in [6.45, 7) is 2.28. The van der Waals surface area contributed by atoms with Gasteiger partial charge in [-0.2, -0.15) is 0 Å². The molecule has 0 amide bonds. The van der Waals surface area contributed by atoms with Crippen molar-refractivity contribution in [2.45, 2.75) is 13.8 Å². The molecule has 0 fully saturated rings. The van der Waals surface area contributed by atoms with E-state index in [4.69, 9.17) is 23.2 Å². The molecule has 0 bridgehead atoms. The third kappa shape index (κ3) is 6.74. The normalized spacial score (nSPS) is 11.7. The third-order valence-corrected chi connectivity index (χ3v) is 1.87. The Morgan fingerprint density at radius 1 is 0.929 bits per heavy atom. The van der Waals surface area contributed by atoms with Gasteiger partial charge in [-0.15, -0.1) is 0 Å². The Kier molecular flexibility index (Phi) is 6.32. The maximum absolute atomic E-state index is 10.4. The predicted octanol–water partition coefficient (Wildman–Crippen LogP) is 1.80. The first-order valence-corrected chi connectivity index (χ1v) is 4.48.